The number of sulfonamides is 1. The Morgan fingerprint density at radius 3 is 2.18 bits per heavy atom. The van der Waals surface area contributed by atoms with Gasteiger partial charge in [-0.15, -0.1) is 0 Å². The molecule has 0 saturated carbocycles. The highest BCUT2D eigenvalue weighted by molar-refractivity contribution is 9.10. The lowest BCUT2D eigenvalue weighted by molar-refractivity contribution is 0.262. The van der Waals surface area contributed by atoms with Gasteiger partial charge in [-0.05, 0) is 32.0 Å². The summed E-state index contributed by atoms with van der Waals surface area (Å²) in [4.78, 5) is 12.4. The minimum absolute atomic E-state index is 0.228. The van der Waals surface area contributed by atoms with Gasteiger partial charge in [-0.3, -0.25) is 4.72 Å². The lowest BCUT2D eigenvalue weighted by Crippen LogP contribution is -2.20. The zero-order valence-corrected chi connectivity index (χ0v) is 18.1. The molecule has 10 heteroatoms. The van der Waals surface area contributed by atoms with E-state index in [4.69, 9.17) is 9.47 Å². The SMILES string of the molecule is CCOc1cc(NS(C)(=O)=O)c(OCC)cc1NC(=O)Nc1cccc(Br)c1. The van der Waals surface area contributed by atoms with Gasteiger partial charge in [0, 0.05) is 22.3 Å². The smallest absolute Gasteiger partial charge is 0.323 e. The van der Waals surface area contributed by atoms with Crippen LogP contribution >= 0.6 is 15.9 Å². The van der Waals surface area contributed by atoms with Crippen molar-refractivity contribution < 1.29 is 22.7 Å². The zero-order chi connectivity index (χ0) is 20.7. The van der Waals surface area contributed by atoms with E-state index in [1.807, 2.05) is 6.07 Å². The molecule has 0 aliphatic heterocycles. The van der Waals surface area contributed by atoms with Crippen molar-refractivity contribution >= 4 is 49.0 Å². The van der Waals surface area contributed by atoms with Crippen molar-refractivity contribution in [2.24, 2.45) is 0 Å². The highest BCUT2D eigenvalue weighted by Gasteiger charge is 2.16. The van der Waals surface area contributed by atoms with Crippen LogP contribution in [-0.4, -0.2) is 33.9 Å². The molecule has 0 aliphatic rings. The first-order valence-electron chi connectivity index (χ1n) is 8.46. The molecular weight excluding hydrogens is 450 g/mol. The molecule has 0 bridgehead atoms. The number of urea groups is 1. The molecule has 2 aromatic rings. The Bertz CT molecular complexity index is 950. The third-order valence-corrected chi connectivity index (χ3v) is 4.39. The number of anilines is 3. The topological polar surface area (TPSA) is 106 Å². The summed E-state index contributed by atoms with van der Waals surface area (Å²) in [6.45, 7) is 4.20. The molecule has 3 N–H and O–H groups in total. The van der Waals surface area contributed by atoms with Crippen LogP contribution in [-0.2, 0) is 10.0 Å². The van der Waals surface area contributed by atoms with E-state index in [2.05, 4.69) is 31.3 Å². The number of amides is 2. The van der Waals surface area contributed by atoms with Gasteiger partial charge < -0.3 is 20.1 Å². The van der Waals surface area contributed by atoms with E-state index in [-0.39, 0.29) is 11.4 Å². The van der Waals surface area contributed by atoms with E-state index in [0.717, 1.165) is 10.7 Å². The molecule has 0 spiro atoms. The number of carbonyl (C=O) groups is 1. The van der Waals surface area contributed by atoms with Crippen LogP contribution < -0.4 is 24.8 Å². The van der Waals surface area contributed by atoms with Gasteiger partial charge in [-0.2, -0.15) is 0 Å². The maximum absolute atomic E-state index is 12.4. The number of halogens is 1. The first-order chi connectivity index (χ1) is 13.2. The standard InChI is InChI=1S/C18H22BrN3O5S/c1-4-26-16-11-15(22-28(3,24)25)17(27-5-2)10-14(16)21-18(23)20-13-8-6-7-12(19)9-13/h6-11,22H,4-5H2,1-3H3,(H2,20,21,23). The fraction of sp³-hybridized carbons (Fsp3) is 0.278. The van der Waals surface area contributed by atoms with E-state index >= 15 is 0 Å². The van der Waals surface area contributed by atoms with Crippen molar-refractivity contribution in [1.29, 1.82) is 0 Å². The lowest BCUT2D eigenvalue weighted by Gasteiger charge is -2.18. The average molecular weight is 472 g/mol. The Kier molecular flexibility index (Phi) is 7.53. The Morgan fingerprint density at radius 1 is 1.00 bits per heavy atom. The first-order valence-corrected chi connectivity index (χ1v) is 11.1. The van der Waals surface area contributed by atoms with Crippen LogP contribution in [0.15, 0.2) is 40.9 Å². The summed E-state index contributed by atoms with van der Waals surface area (Å²) in [5.74, 6) is 0.579. The first kappa shape index (κ1) is 21.8. The molecule has 0 heterocycles. The number of hydrogen-bond acceptors (Lipinski definition) is 5. The molecule has 28 heavy (non-hydrogen) atoms. The molecular formula is C18H22BrN3O5S. The van der Waals surface area contributed by atoms with Crippen LogP contribution in [0.25, 0.3) is 0 Å². The fourth-order valence-electron chi connectivity index (χ4n) is 2.34. The van der Waals surface area contributed by atoms with Gasteiger partial charge in [-0.25, -0.2) is 13.2 Å². The predicted molar refractivity (Wildman–Crippen MR) is 114 cm³/mol. The monoisotopic (exact) mass is 471 g/mol. The van der Waals surface area contributed by atoms with Crippen LogP contribution in [0, 0.1) is 0 Å². The average Bonchev–Trinajstić information content (AvgIpc) is 2.57. The molecule has 152 valence electrons. The molecule has 0 aromatic heterocycles. The summed E-state index contributed by atoms with van der Waals surface area (Å²) in [5.41, 5.74) is 1.17. The summed E-state index contributed by atoms with van der Waals surface area (Å²) >= 11 is 3.35. The van der Waals surface area contributed by atoms with E-state index in [9.17, 15) is 13.2 Å². The van der Waals surface area contributed by atoms with Gasteiger partial charge >= 0.3 is 6.03 Å². The number of ether oxygens (including phenoxy) is 2. The van der Waals surface area contributed by atoms with E-state index in [1.54, 1.807) is 32.0 Å². The maximum Gasteiger partial charge on any atom is 0.323 e. The lowest BCUT2D eigenvalue weighted by atomic mass is 10.2. The van der Waals surface area contributed by atoms with Gasteiger partial charge in [0.25, 0.3) is 0 Å². The Balaban J connectivity index is 2.32. The molecule has 2 rings (SSSR count). The van der Waals surface area contributed by atoms with Gasteiger partial charge in [-0.1, -0.05) is 22.0 Å². The molecule has 0 atom stereocenters. The number of nitrogens with one attached hydrogen (secondary N) is 3. The third-order valence-electron chi connectivity index (χ3n) is 3.31. The highest BCUT2D eigenvalue weighted by atomic mass is 79.9. The quantitative estimate of drug-likeness (QED) is 0.533. The number of rotatable bonds is 8. The zero-order valence-electron chi connectivity index (χ0n) is 15.7. The summed E-state index contributed by atoms with van der Waals surface area (Å²) in [7, 11) is -3.52. The normalized spacial score (nSPS) is 10.9. The molecule has 0 unspecified atom stereocenters. The van der Waals surface area contributed by atoms with Crippen LogP contribution in [0.2, 0.25) is 0 Å². The van der Waals surface area contributed by atoms with Crippen molar-refractivity contribution in [2.75, 3.05) is 34.8 Å². The molecule has 2 aromatic carbocycles. The van der Waals surface area contributed by atoms with Crippen molar-refractivity contribution in [3.63, 3.8) is 0 Å². The molecule has 8 nitrogen and oxygen atoms in total. The van der Waals surface area contributed by atoms with Crippen LogP contribution in [0.4, 0.5) is 21.9 Å². The van der Waals surface area contributed by atoms with Crippen molar-refractivity contribution in [1.82, 2.24) is 0 Å². The van der Waals surface area contributed by atoms with Crippen molar-refractivity contribution in [2.45, 2.75) is 13.8 Å². The van der Waals surface area contributed by atoms with Crippen LogP contribution in [0.1, 0.15) is 13.8 Å². The summed E-state index contributed by atoms with van der Waals surface area (Å²) in [6, 6.07) is 9.66. The number of carbonyl (C=O) groups excluding carboxylic acids is 1. The fourth-order valence-corrected chi connectivity index (χ4v) is 3.30. The number of benzene rings is 2. The second-order valence-electron chi connectivity index (χ2n) is 5.67. The highest BCUT2D eigenvalue weighted by Crippen LogP contribution is 2.37. The minimum Gasteiger partial charge on any atom is -0.492 e. The molecule has 0 saturated heterocycles. The maximum atomic E-state index is 12.4. The van der Waals surface area contributed by atoms with Gasteiger partial charge in [0.05, 0.1) is 30.8 Å². The largest absolute Gasteiger partial charge is 0.492 e. The Hall–Kier alpha value is -2.46. The van der Waals surface area contributed by atoms with Gasteiger partial charge in [0.2, 0.25) is 10.0 Å². The minimum atomic E-state index is -3.52. The Labute approximate surface area is 172 Å². The summed E-state index contributed by atoms with van der Waals surface area (Å²) < 4.78 is 37.5. The van der Waals surface area contributed by atoms with Crippen molar-refractivity contribution in [3.8, 4) is 11.5 Å². The molecule has 0 aliphatic carbocycles. The van der Waals surface area contributed by atoms with Gasteiger partial charge in [0.15, 0.2) is 0 Å². The molecule has 2 amide bonds. The van der Waals surface area contributed by atoms with Crippen LogP contribution in [0.5, 0.6) is 11.5 Å². The molecule has 0 fully saturated rings. The summed E-state index contributed by atoms with van der Waals surface area (Å²) in [5, 5.41) is 5.42. The summed E-state index contributed by atoms with van der Waals surface area (Å²) in [6.07, 6.45) is 1.04. The second kappa shape index (κ2) is 9.65. The van der Waals surface area contributed by atoms with E-state index in [1.165, 1.54) is 12.1 Å². The van der Waals surface area contributed by atoms with Crippen molar-refractivity contribution in [3.05, 3.63) is 40.9 Å². The Morgan fingerprint density at radius 2 is 1.61 bits per heavy atom. The predicted octanol–water partition coefficient (Wildman–Crippen LogP) is 4.26. The van der Waals surface area contributed by atoms with Crippen LogP contribution in [0.3, 0.4) is 0 Å². The molecule has 0 radical (unpaired) electrons. The second-order valence-corrected chi connectivity index (χ2v) is 8.34. The van der Waals surface area contributed by atoms with Gasteiger partial charge in [0.1, 0.15) is 11.5 Å². The number of hydrogen-bond donors (Lipinski definition) is 3. The van der Waals surface area contributed by atoms with E-state index < -0.39 is 16.1 Å². The van der Waals surface area contributed by atoms with E-state index in [0.29, 0.717) is 30.3 Å². The third kappa shape index (κ3) is 6.61.